The van der Waals surface area contributed by atoms with E-state index >= 15 is 0 Å². The number of carbonyl (C=O) groups is 2. The Labute approximate surface area is 179 Å². The SMILES string of the molecule is Cc1ccc(OCCCC(=O)NC2CCN(C(=O)c3ccc(C)c(C)c3)CC2)cc1. The van der Waals surface area contributed by atoms with Crippen LogP contribution in [0.15, 0.2) is 42.5 Å². The summed E-state index contributed by atoms with van der Waals surface area (Å²) in [6.45, 7) is 7.99. The van der Waals surface area contributed by atoms with Crippen LogP contribution in [0.5, 0.6) is 5.75 Å². The molecular weight excluding hydrogens is 376 g/mol. The van der Waals surface area contributed by atoms with Gasteiger partial charge in [0, 0.05) is 31.1 Å². The van der Waals surface area contributed by atoms with Crippen molar-refractivity contribution in [1.29, 1.82) is 0 Å². The second kappa shape index (κ2) is 10.3. The predicted octanol–water partition coefficient (Wildman–Crippen LogP) is 4.19. The highest BCUT2D eigenvalue weighted by Crippen LogP contribution is 2.17. The zero-order chi connectivity index (χ0) is 21.5. The van der Waals surface area contributed by atoms with Crippen molar-refractivity contribution >= 4 is 11.8 Å². The van der Waals surface area contributed by atoms with Gasteiger partial charge in [-0.2, -0.15) is 0 Å². The smallest absolute Gasteiger partial charge is 0.253 e. The van der Waals surface area contributed by atoms with Crippen molar-refractivity contribution in [3.63, 3.8) is 0 Å². The minimum atomic E-state index is 0.0569. The normalized spacial score (nSPS) is 14.4. The lowest BCUT2D eigenvalue weighted by Gasteiger charge is -2.32. The number of ether oxygens (including phenoxy) is 1. The summed E-state index contributed by atoms with van der Waals surface area (Å²) in [5.41, 5.74) is 4.27. The van der Waals surface area contributed by atoms with Crippen molar-refractivity contribution in [2.75, 3.05) is 19.7 Å². The van der Waals surface area contributed by atoms with Gasteiger partial charge in [0.25, 0.3) is 5.91 Å². The van der Waals surface area contributed by atoms with Crippen LogP contribution in [0.3, 0.4) is 0 Å². The Balaban J connectivity index is 1.35. The lowest BCUT2D eigenvalue weighted by molar-refractivity contribution is -0.122. The third-order valence-electron chi connectivity index (χ3n) is 5.74. The largest absolute Gasteiger partial charge is 0.494 e. The average Bonchev–Trinajstić information content (AvgIpc) is 2.74. The van der Waals surface area contributed by atoms with Crippen LogP contribution in [0, 0.1) is 20.8 Å². The van der Waals surface area contributed by atoms with Crippen molar-refractivity contribution in [2.24, 2.45) is 0 Å². The molecular formula is C25H32N2O3. The van der Waals surface area contributed by atoms with Crippen molar-refractivity contribution in [3.8, 4) is 5.75 Å². The maximum absolute atomic E-state index is 12.7. The molecule has 1 heterocycles. The monoisotopic (exact) mass is 408 g/mol. The lowest BCUT2D eigenvalue weighted by atomic mass is 10.0. The van der Waals surface area contributed by atoms with Gasteiger partial charge in [-0.15, -0.1) is 0 Å². The van der Waals surface area contributed by atoms with Gasteiger partial charge in [0.2, 0.25) is 5.91 Å². The first-order valence-electron chi connectivity index (χ1n) is 10.8. The molecule has 160 valence electrons. The van der Waals surface area contributed by atoms with Gasteiger partial charge >= 0.3 is 0 Å². The summed E-state index contributed by atoms with van der Waals surface area (Å²) in [4.78, 5) is 26.8. The van der Waals surface area contributed by atoms with Crippen molar-refractivity contribution in [1.82, 2.24) is 10.2 Å². The van der Waals surface area contributed by atoms with Crippen LogP contribution in [0.2, 0.25) is 0 Å². The Morgan fingerprint density at radius 2 is 1.70 bits per heavy atom. The summed E-state index contributed by atoms with van der Waals surface area (Å²) in [5, 5.41) is 3.11. The summed E-state index contributed by atoms with van der Waals surface area (Å²) in [6, 6.07) is 13.9. The van der Waals surface area contributed by atoms with Crippen LogP contribution in [0.4, 0.5) is 0 Å². The number of likely N-dealkylation sites (tertiary alicyclic amines) is 1. The fourth-order valence-electron chi connectivity index (χ4n) is 3.64. The molecule has 1 saturated heterocycles. The Morgan fingerprint density at radius 3 is 2.37 bits per heavy atom. The molecule has 1 fully saturated rings. The first-order chi connectivity index (χ1) is 14.4. The van der Waals surface area contributed by atoms with Crippen molar-refractivity contribution < 1.29 is 14.3 Å². The molecule has 2 amide bonds. The number of carbonyl (C=O) groups excluding carboxylic acids is 2. The van der Waals surface area contributed by atoms with Gasteiger partial charge in [-0.3, -0.25) is 9.59 Å². The van der Waals surface area contributed by atoms with Crippen LogP contribution in [-0.2, 0) is 4.79 Å². The Bertz CT molecular complexity index is 868. The first kappa shape index (κ1) is 21.9. The van der Waals surface area contributed by atoms with Gasteiger partial charge in [0.1, 0.15) is 5.75 Å². The molecule has 0 radical (unpaired) electrons. The highest BCUT2D eigenvalue weighted by atomic mass is 16.5. The molecule has 1 N–H and O–H groups in total. The van der Waals surface area contributed by atoms with Crippen LogP contribution in [0.1, 0.15) is 52.7 Å². The lowest BCUT2D eigenvalue weighted by Crippen LogP contribution is -2.46. The van der Waals surface area contributed by atoms with E-state index < -0.39 is 0 Å². The van der Waals surface area contributed by atoms with Crippen LogP contribution in [0.25, 0.3) is 0 Å². The number of amides is 2. The Morgan fingerprint density at radius 1 is 1.00 bits per heavy atom. The van der Waals surface area contributed by atoms with Gasteiger partial charge in [-0.25, -0.2) is 0 Å². The summed E-state index contributed by atoms with van der Waals surface area (Å²) in [5.74, 6) is 0.972. The second-order valence-electron chi connectivity index (χ2n) is 8.20. The van der Waals surface area contributed by atoms with E-state index in [1.807, 2.05) is 68.1 Å². The van der Waals surface area contributed by atoms with Crippen LogP contribution >= 0.6 is 0 Å². The van der Waals surface area contributed by atoms with Crippen LogP contribution < -0.4 is 10.1 Å². The van der Waals surface area contributed by atoms with Gasteiger partial charge in [0.15, 0.2) is 0 Å². The van der Waals surface area contributed by atoms with E-state index in [1.54, 1.807) is 0 Å². The van der Waals surface area contributed by atoms with Gasteiger partial charge in [0.05, 0.1) is 6.61 Å². The fourth-order valence-corrected chi connectivity index (χ4v) is 3.64. The molecule has 0 spiro atoms. The zero-order valence-corrected chi connectivity index (χ0v) is 18.2. The first-order valence-corrected chi connectivity index (χ1v) is 10.8. The summed E-state index contributed by atoms with van der Waals surface area (Å²) in [7, 11) is 0. The Hall–Kier alpha value is -2.82. The van der Waals surface area contributed by atoms with E-state index in [0.717, 1.165) is 29.7 Å². The predicted molar refractivity (Wildman–Crippen MR) is 119 cm³/mol. The number of aryl methyl sites for hydroxylation is 3. The van der Waals surface area contributed by atoms with Crippen molar-refractivity contribution in [3.05, 3.63) is 64.7 Å². The molecule has 1 aliphatic heterocycles. The molecule has 0 aromatic heterocycles. The number of hydrogen-bond acceptors (Lipinski definition) is 3. The highest BCUT2D eigenvalue weighted by molar-refractivity contribution is 5.94. The summed E-state index contributed by atoms with van der Waals surface area (Å²) in [6.07, 6.45) is 2.72. The van der Waals surface area contributed by atoms with E-state index in [9.17, 15) is 9.59 Å². The molecule has 0 saturated carbocycles. The van der Waals surface area contributed by atoms with Crippen LogP contribution in [-0.4, -0.2) is 42.5 Å². The third-order valence-corrected chi connectivity index (χ3v) is 5.74. The number of nitrogens with one attached hydrogen (secondary N) is 1. The number of nitrogens with zero attached hydrogens (tertiary/aromatic N) is 1. The molecule has 0 atom stereocenters. The number of hydrogen-bond donors (Lipinski definition) is 1. The quantitative estimate of drug-likeness (QED) is 0.699. The van der Waals surface area contributed by atoms with E-state index in [-0.39, 0.29) is 17.9 Å². The molecule has 3 rings (SSSR count). The van der Waals surface area contributed by atoms with Crippen molar-refractivity contribution in [2.45, 2.75) is 52.5 Å². The molecule has 2 aromatic rings. The Kier molecular flexibility index (Phi) is 7.50. The van der Waals surface area contributed by atoms with Gasteiger partial charge in [-0.05, 0) is 75.4 Å². The molecule has 30 heavy (non-hydrogen) atoms. The standard InChI is InChI=1S/C25H32N2O3/c1-18-6-10-23(11-7-18)30-16-4-5-24(28)26-22-12-14-27(15-13-22)25(29)21-9-8-19(2)20(3)17-21/h6-11,17,22H,4-5,12-16H2,1-3H3,(H,26,28). The minimum absolute atomic E-state index is 0.0569. The maximum Gasteiger partial charge on any atom is 0.253 e. The third kappa shape index (κ3) is 6.09. The molecule has 5 heteroatoms. The topological polar surface area (TPSA) is 58.6 Å². The average molecular weight is 409 g/mol. The number of piperidine rings is 1. The van der Waals surface area contributed by atoms with Gasteiger partial charge in [-0.1, -0.05) is 23.8 Å². The van der Waals surface area contributed by atoms with E-state index in [1.165, 1.54) is 11.1 Å². The summed E-state index contributed by atoms with van der Waals surface area (Å²) < 4.78 is 5.68. The highest BCUT2D eigenvalue weighted by Gasteiger charge is 2.24. The van der Waals surface area contributed by atoms with Gasteiger partial charge < -0.3 is 15.0 Å². The van der Waals surface area contributed by atoms with E-state index in [2.05, 4.69) is 5.32 Å². The van der Waals surface area contributed by atoms with E-state index in [0.29, 0.717) is 32.5 Å². The molecule has 0 unspecified atom stereocenters. The molecule has 0 aliphatic carbocycles. The minimum Gasteiger partial charge on any atom is -0.494 e. The van der Waals surface area contributed by atoms with E-state index in [4.69, 9.17) is 4.74 Å². The zero-order valence-electron chi connectivity index (χ0n) is 18.2. The molecule has 2 aromatic carbocycles. The summed E-state index contributed by atoms with van der Waals surface area (Å²) >= 11 is 0. The molecule has 0 bridgehead atoms. The number of rotatable bonds is 7. The fraction of sp³-hybridized carbons (Fsp3) is 0.440. The molecule has 1 aliphatic rings. The number of benzene rings is 2. The molecule has 5 nitrogen and oxygen atoms in total. The maximum atomic E-state index is 12.7. The second-order valence-corrected chi connectivity index (χ2v) is 8.20.